The zero-order chi connectivity index (χ0) is 16.8. The van der Waals surface area contributed by atoms with Crippen LogP contribution in [0, 0.1) is 5.92 Å². The molecule has 1 unspecified atom stereocenters. The van der Waals surface area contributed by atoms with Gasteiger partial charge in [-0.1, -0.05) is 18.2 Å². The Bertz CT molecular complexity index is 656. The summed E-state index contributed by atoms with van der Waals surface area (Å²) in [5, 5.41) is 13.7. The number of hydrogen-bond donors (Lipinski definition) is 2. The second-order valence-electron chi connectivity index (χ2n) is 6.03. The largest absolute Gasteiger partial charge is 0.371 e. The van der Waals surface area contributed by atoms with Crippen molar-refractivity contribution in [3.63, 3.8) is 0 Å². The molecule has 1 aromatic heterocycles. The van der Waals surface area contributed by atoms with Crippen LogP contribution in [0.5, 0.6) is 0 Å². The zero-order valence-electron chi connectivity index (χ0n) is 14.0. The van der Waals surface area contributed by atoms with Crippen molar-refractivity contribution in [2.45, 2.75) is 26.4 Å². The number of nitrogens with zero attached hydrogens (tertiary/aromatic N) is 4. The van der Waals surface area contributed by atoms with Gasteiger partial charge in [-0.15, -0.1) is 10.2 Å². The van der Waals surface area contributed by atoms with Crippen LogP contribution < -0.4 is 15.5 Å². The summed E-state index contributed by atoms with van der Waals surface area (Å²) in [7, 11) is 0. The Morgan fingerprint density at radius 2 is 2.12 bits per heavy atom. The van der Waals surface area contributed by atoms with Crippen molar-refractivity contribution in [2.75, 3.05) is 24.5 Å². The van der Waals surface area contributed by atoms with E-state index in [2.05, 4.69) is 50.0 Å². The van der Waals surface area contributed by atoms with E-state index in [-0.39, 0.29) is 6.03 Å². The maximum Gasteiger partial charge on any atom is 0.315 e. The summed E-state index contributed by atoms with van der Waals surface area (Å²) in [6.07, 6.45) is 2.77. The van der Waals surface area contributed by atoms with Crippen LogP contribution >= 0.6 is 0 Å². The third kappa shape index (κ3) is 4.04. The van der Waals surface area contributed by atoms with Crippen molar-refractivity contribution in [1.82, 2.24) is 25.4 Å². The predicted molar refractivity (Wildman–Crippen MR) is 92.7 cm³/mol. The first kappa shape index (κ1) is 16.3. The highest BCUT2D eigenvalue weighted by Gasteiger charge is 2.22. The summed E-state index contributed by atoms with van der Waals surface area (Å²) in [6, 6.07) is 10.3. The van der Waals surface area contributed by atoms with E-state index in [0.717, 1.165) is 31.9 Å². The Labute approximate surface area is 142 Å². The molecule has 3 rings (SSSR count). The molecule has 1 saturated heterocycles. The molecule has 128 valence electrons. The zero-order valence-corrected chi connectivity index (χ0v) is 14.0. The minimum atomic E-state index is -0.154. The fraction of sp³-hybridized carbons (Fsp3) is 0.471. The Kier molecular flexibility index (Phi) is 5.30. The van der Waals surface area contributed by atoms with Crippen LogP contribution in [0.4, 0.5) is 10.5 Å². The Morgan fingerprint density at radius 1 is 1.29 bits per heavy atom. The van der Waals surface area contributed by atoms with Crippen molar-refractivity contribution >= 4 is 11.7 Å². The Morgan fingerprint density at radius 3 is 2.92 bits per heavy atom. The predicted octanol–water partition coefficient (Wildman–Crippen LogP) is 1.62. The molecule has 2 aromatic rings. The van der Waals surface area contributed by atoms with Gasteiger partial charge in [0.05, 0.1) is 6.54 Å². The third-order valence-electron chi connectivity index (χ3n) is 4.40. The van der Waals surface area contributed by atoms with Crippen molar-refractivity contribution in [1.29, 1.82) is 0 Å². The molecular formula is C17H24N6O. The van der Waals surface area contributed by atoms with Gasteiger partial charge in [0, 0.05) is 31.9 Å². The molecule has 1 aliphatic rings. The van der Waals surface area contributed by atoms with Crippen molar-refractivity contribution in [3.8, 4) is 0 Å². The van der Waals surface area contributed by atoms with Crippen LogP contribution in [0.1, 0.15) is 19.2 Å². The lowest BCUT2D eigenvalue weighted by Crippen LogP contribution is -2.38. The molecule has 0 radical (unpaired) electrons. The molecule has 0 spiro atoms. The first-order valence-corrected chi connectivity index (χ1v) is 8.44. The summed E-state index contributed by atoms with van der Waals surface area (Å²) in [6.45, 7) is 5.91. The number of hydrogen-bond acceptors (Lipinski definition) is 4. The van der Waals surface area contributed by atoms with Gasteiger partial charge >= 0.3 is 6.03 Å². The number of carbonyl (C=O) groups excluding carboxylic acids is 1. The lowest BCUT2D eigenvalue weighted by atomic mass is 10.1. The van der Waals surface area contributed by atoms with Crippen LogP contribution in [-0.4, -0.2) is 40.4 Å². The topological polar surface area (TPSA) is 75.1 Å². The van der Waals surface area contributed by atoms with E-state index in [1.54, 1.807) is 6.33 Å². The Hall–Kier alpha value is -2.57. The van der Waals surface area contributed by atoms with Gasteiger partial charge in [0.15, 0.2) is 5.82 Å². The van der Waals surface area contributed by atoms with Crippen molar-refractivity contribution in [3.05, 3.63) is 42.5 Å². The molecule has 1 atom stereocenters. The van der Waals surface area contributed by atoms with Crippen molar-refractivity contribution in [2.24, 2.45) is 5.92 Å². The quantitative estimate of drug-likeness (QED) is 0.845. The number of anilines is 1. The van der Waals surface area contributed by atoms with Gasteiger partial charge < -0.3 is 20.1 Å². The summed E-state index contributed by atoms with van der Waals surface area (Å²) < 4.78 is 1.91. The highest BCUT2D eigenvalue weighted by atomic mass is 16.2. The fourth-order valence-electron chi connectivity index (χ4n) is 3.01. The average Bonchev–Trinajstić information content (AvgIpc) is 3.28. The molecule has 0 saturated carbocycles. The molecular weight excluding hydrogens is 304 g/mol. The summed E-state index contributed by atoms with van der Waals surface area (Å²) in [5.41, 5.74) is 1.25. The van der Waals surface area contributed by atoms with E-state index in [1.807, 2.05) is 17.6 Å². The van der Waals surface area contributed by atoms with E-state index >= 15 is 0 Å². The molecule has 0 bridgehead atoms. The maximum absolute atomic E-state index is 12.0. The molecule has 0 aliphatic carbocycles. The second-order valence-corrected chi connectivity index (χ2v) is 6.03. The second kappa shape index (κ2) is 7.81. The molecule has 2 N–H and O–H groups in total. The lowest BCUT2D eigenvalue weighted by molar-refractivity contribution is 0.238. The number of aryl methyl sites for hydroxylation is 1. The number of carbonyl (C=O) groups is 1. The monoisotopic (exact) mass is 328 g/mol. The number of rotatable bonds is 6. The van der Waals surface area contributed by atoms with E-state index < -0.39 is 0 Å². The molecule has 7 heteroatoms. The van der Waals surface area contributed by atoms with Crippen LogP contribution in [0.3, 0.4) is 0 Å². The van der Waals surface area contributed by atoms with Crippen LogP contribution in [0.2, 0.25) is 0 Å². The minimum absolute atomic E-state index is 0.154. The lowest BCUT2D eigenvalue weighted by Gasteiger charge is -2.18. The number of nitrogens with one attached hydrogen (secondary N) is 2. The van der Waals surface area contributed by atoms with Gasteiger partial charge in [0.2, 0.25) is 0 Å². The van der Waals surface area contributed by atoms with Gasteiger partial charge in [0.25, 0.3) is 0 Å². The Balaban J connectivity index is 1.39. The maximum atomic E-state index is 12.0. The summed E-state index contributed by atoms with van der Waals surface area (Å²) >= 11 is 0. The highest BCUT2D eigenvalue weighted by Crippen LogP contribution is 2.22. The molecule has 1 aromatic carbocycles. The first-order chi connectivity index (χ1) is 11.8. The van der Waals surface area contributed by atoms with E-state index in [1.165, 1.54) is 5.69 Å². The van der Waals surface area contributed by atoms with Crippen LogP contribution in [0.25, 0.3) is 0 Å². The summed E-state index contributed by atoms with van der Waals surface area (Å²) in [4.78, 5) is 14.3. The molecule has 2 amide bonds. The SMILES string of the molecule is CCn1cnnc1CNC(=O)NCC1CCN(c2ccccc2)C1. The number of aromatic nitrogens is 3. The van der Waals surface area contributed by atoms with Gasteiger partial charge in [-0.2, -0.15) is 0 Å². The average molecular weight is 328 g/mol. The van der Waals surface area contributed by atoms with Crippen LogP contribution in [-0.2, 0) is 13.1 Å². The number of urea groups is 1. The smallest absolute Gasteiger partial charge is 0.315 e. The number of amides is 2. The van der Waals surface area contributed by atoms with Gasteiger partial charge in [-0.3, -0.25) is 0 Å². The fourth-order valence-corrected chi connectivity index (χ4v) is 3.01. The normalized spacial score (nSPS) is 17.0. The van der Waals surface area contributed by atoms with Gasteiger partial charge in [-0.25, -0.2) is 4.79 Å². The van der Waals surface area contributed by atoms with Gasteiger partial charge in [-0.05, 0) is 31.4 Å². The first-order valence-electron chi connectivity index (χ1n) is 8.44. The highest BCUT2D eigenvalue weighted by molar-refractivity contribution is 5.73. The molecule has 7 nitrogen and oxygen atoms in total. The standard InChI is InChI=1S/C17H24N6O/c1-2-22-13-20-21-16(22)11-19-17(24)18-10-14-8-9-23(12-14)15-6-4-3-5-7-15/h3-7,13-14H,2,8-12H2,1H3,(H2,18,19,24). The van der Waals surface area contributed by atoms with E-state index in [0.29, 0.717) is 19.0 Å². The summed E-state index contributed by atoms with van der Waals surface area (Å²) in [5.74, 6) is 1.25. The van der Waals surface area contributed by atoms with Gasteiger partial charge in [0.1, 0.15) is 6.33 Å². The van der Waals surface area contributed by atoms with E-state index in [4.69, 9.17) is 0 Å². The third-order valence-corrected chi connectivity index (χ3v) is 4.40. The molecule has 1 fully saturated rings. The minimum Gasteiger partial charge on any atom is -0.371 e. The number of para-hydroxylation sites is 1. The van der Waals surface area contributed by atoms with Crippen LogP contribution in [0.15, 0.2) is 36.7 Å². The molecule has 24 heavy (non-hydrogen) atoms. The molecule has 1 aliphatic heterocycles. The number of benzene rings is 1. The molecule has 2 heterocycles. The van der Waals surface area contributed by atoms with Crippen molar-refractivity contribution < 1.29 is 4.79 Å². The van der Waals surface area contributed by atoms with E-state index in [9.17, 15) is 4.79 Å².